The molecule has 0 bridgehead atoms. The first-order valence-electron chi connectivity index (χ1n) is 7.85. The van der Waals surface area contributed by atoms with Gasteiger partial charge in [-0.15, -0.1) is 0 Å². The van der Waals surface area contributed by atoms with E-state index in [1.54, 1.807) is 23.4 Å². The fraction of sp³-hybridized carbons (Fsp3) is 0.294. The molecule has 2 aromatic heterocycles. The van der Waals surface area contributed by atoms with Crippen LogP contribution in [0.15, 0.2) is 42.7 Å². The third-order valence-electron chi connectivity index (χ3n) is 3.97. The molecule has 0 radical (unpaired) electrons. The fourth-order valence-electron chi connectivity index (χ4n) is 2.56. The summed E-state index contributed by atoms with van der Waals surface area (Å²) in [6.07, 6.45) is 4.27. The quantitative estimate of drug-likeness (QED) is 0.818. The van der Waals surface area contributed by atoms with Gasteiger partial charge in [0.15, 0.2) is 0 Å². The summed E-state index contributed by atoms with van der Waals surface area (Å²) in [5.41, 5.74) is 2.14. The monoisotopic (exact) mass is 325 g/mol. The van der Waals surface area contributed by atoms with E-state index in [9.17, 15) is 9.59 Å². The Morgan fingerprint density at radius 3 is 2.58 bits per heavy atom. The van der Waals surface area contributed by atoms with Gasteiger partial charge in [-0.1, -0.05) is 6.07 Å². The Hall–Kier alpha value is -2.96. The van der Waals surface area contributed by atoms with Crippen molar-refractivity contribution in [3.8, 4) is 0 Å². The highest BCUT2D eigenvalue weighted by molar-refractivity contribution is 5.92. The molecule has 3 heterocycles. The molecule has 1 aliphatic rings. The van der Waals surface area contributed by atoms with E-state index in [-0.39, 0.29) is 5.91 Å². The van der Waals surface area contributed by atoms with Crippen molar-refractivity contribution in [2.45, 2.75) is 6.54 Å². The van der Waals surface area contributed by atoms with Crippen LogP contribution in [0.2, 0.25) is 0 Å². The first kappa shape index (κ1) is 15.9. The van der Waals surface area contributed by atoms with Gasteiger partial charge in [0.2, 0.25) is 6.41 Å². The number of carbonyl (C=O) groups is 2. The van der Waals surface area contributed by atoms with Crippen LogP contribution in [0.1, 0.15) is 16.2 Å². The molecule has 7 heteroatoms. The molecule has 124 valence electrons. The van der Waals surface area contributed by atoms with Crippen LogP contribution in [-0.4, -0.2) is 53.4 Å². The standard InChI is InChI=1S/C17H19N5O2/c23-13-21-7-9-22(10-8-21)15-4-5-16(19-12-15)17(24)20-11-14-3-1-2-6-18-14/h1-6,12-13H,7-11H2,(H,20,24). The number of pyridine rings is 2. The second-order valence-electron chi connectivity index (χ2n) is 5.53. The van der Waals surface area contributed by atoms with Crippen LogP contribution < -0.4 is 10.2 Å². The molecule has 1 saturated heterocycles. The summed E-state index contributed by atoms with van der Waals surface area (Å²) >= 11 is 0. The van der Waals surface area contributed by atoms with Gasteiger partial charge in [0, 0.05) is 32.4 Å². The van der Waals surface area contributed by atoms with Crippen molar-refractivity contribution in [1.82, 2.24) is 20.2 Å². The lowest BCUT2D eigenvalue weighted by Gasteiger charge is -2.33. The Morgan fingerprint density at radius 1 is 1.12 bits per heavy atom. The first-order chi connectivity index (χ1) is 11.8. The summed E-state index contributed by atoms with van der Waals surface area (Å²) in [7, 11) is 0. The van der Waals surface area contributed by atoms with Crippen molar-refractivity contribution in [2.24, 2.45) is 0 Å². The second kappa shape index (κ2) is 7.54. The van der Waals surface area contributed by atoms with Crippen molar-refractivity contribution in [3.05, 3.63) is 54.1 Å². The fourth-order valence-corrected chi connectivity index (χ4v) is 2.56. The van der Waals surface area contributed by atoms with Gasteiger partial charge in [0.1, 0.15) is 5.69 Å². The topological polar surface area (TPSA) is 78.4 Å². The van der Waals surface area contributed by atoms with Gasteiger partial charge in [-0.25, -0.2) is 4.98 Å². The lowest BCUT2D eigenvalue weighted by atomic mass is 10.2. The van der Waals surface area contributed by atoms with E-state index >= 15 is 0 Å². The molecule has 7 nitrogen and oxygen atoms in total. The zero-order valence-corrected chi connectivity index (χ0v) is 13.3. The molecule has 0 atom stereocenters. The molecule has 24 heavy (non-hydrogen) atoms. The van der Waals surface area contributed by atoms with E-state index in [4.69, 9.17) is 0 Å². The normalized spacial score (nSPS) is 14.3. The van der Waals surface area contributed by atoms with Crippen LogP contribution in [0.5, 0.6) is 0 Å². The predicted octanol–water partition coefficient (Wildman–Crippen LogP) is 0.685. The van der Waals surface area contributed by atoms with Gasteiger partial charge in [0.05, 0.1) is 24.1 Å². The highest BCUT2D eigenvalue weighted by atomic mass is 16.2. The molecule has 0 aromatic carbocycles. The van der Waals surface area contributed by atoms with Gasteiger partial charge in [-0.3, -0.25) is 14.6 Å². The number of hydrogen-bond donors (Lipinski definition) is 1. The lowest BCUT2D eigenvalue weighted by molar-refractivity contribution is -0.118. The highest BCUT2D eigenvalue weighted by Crippen LogP contribution is 2.15. The van der Waals surface area contributed by atoms with E-state index in [1.807, 2.05) is 24.3 Å². The Balaban J connectivity index is 1.56. The largest absolute Gasteiger partial charge is 0.367 e. The molecular weight excluding hydrogens is 306 g/mol. The lowest BCUT2D eigenvalue weighted by Crippen LogP contribution is -2.45. The Labute approximate surface area is 140 Å². The van der Waals surface area contributed by atoms with Crippen LogP contribution in [0, 0.1) is 0 Å². The maximum Gasteiger partial charge on any atom is 0.270 e. The minimum absolute atomic E-state index is 0.224. The van der Waals surface area contributed by atoms with Crippen LogP contribution >= 0.6 is 0 Å². The number of nitrogens with one attached hydrogen (secondary N) is 1. The molecule has 1 N–H and O–H groups in total. The maximum atomic E-state index is 12.1. The number of carbonyl (C=O) groups excluding carboxylic acids is 2. The third-order valence-corrected chi connectivity index (χ3v) is 3.97. The number of piperazine rings is 1. The molecule has 1 aliphatic heterocycles. The van der Waals surface area contributed by atoms with E-state index < -0.39 is 0 Å². The Kier molecular flexibility index (Phi) is 5.00. The maximum absolute atomic E-state index is 12.1. The zero-order chi connectivity index (χ0) is 16.8. The average Bonchev–Trinajstić information content (AvgIpc) is 2.67. The summed E-state index contributed by atoms with van der Waals surface area (Å²) in [4.78, 5) is 35.2. The van der Waals surface area contributed by atoms with Crippen LogP contribution in [0.25, 0.3) is 0 Å². The van der Waals surface area contributed by atoms with Crippen LogP contribution in [-0.2, 0) is 11.3 Å². The third kappa shape index (κ3) is 3.87. The molecule has 2 aromatic rings. The minimum atomic E-state index is -0.224. The molecule has 0 unspecified atom stereocenters. The van der Waals surface area contributed by atoms with Crippen LogP contribution in [0.4, 0.5) is 5.69 Å². The SMILES string of the molecule is O=CN1CCN(c2ccc(C(=O)NCc3ccccn3)nc2)CC1. The summed E-state index contributed by atoms with van der Waals surface area (Å²) in [6.45, 7) is 3.32. The second-order valence-corrected chi connectivity index (χ2v) is 5.53. The molecule has 2 amide bonds. The Bertz CT molecular complexity index is 682. The van der Waals surface area contributed by atoms with Crippen LogP contribution in [0.3, 0.4) is 0 Å². The molecule has 0 saturated carbocycles. The van der Waals surface area contributed by atoms with Gasteiger partial charge in [0.25, 0.3) is 5.91 Å². The molecular formula is C17H19N5O2. The van der Waals surface area contributed by atoms with Crippen molar-refractivity contribution >= 4 is 18.0 Å². The number of amides is 2. The summed E-state index contributed by atoms with van der Waals surface area (Å²) in [5.74, 6) is -0.224. The average molecular weight is 325 g/mol. The van der Waals surface area contributed by atoms with Gasteiger partial charge >= 0.3 is 0 Å². The molecule has 1 fully saturated rings. The number of aromatic nitrogens is 2. The number of nitrogens with zero attached hydrogens (tertiary/aromatic N) is 4. The van der Waals surface area contributed by atoms with Crippen molar-refractivity contribution in [1.29, 1.82) is 0 Å². The zero-order valence-electron chi connectivity index (χ0n) is 13.3. The predicted molar refractivity (Wildman–Crippen MR) is 89.5 cm³/mol. The first-order valence-corrected chi connectivity index (χ1v) is 7.85. The number of hydrogen-bond acceptors (Lipinski definition) is 5. The van der Waals surface area contributed by atoms with Crippen molar-refractivity contribution in [2.75, 3.05) is 31.1 Å². The summed E-state index contributed by atoms with van der Waals surface area (Å²) in [6, 6.07) is 9.18. The van der Waals surface area contributed by atoms with E-state index in [1.165, 1.54) is 0 Å². The number of rotatable bonds is 5. The smallest absolute Gasteiger partial charge is 0.270 e. The highest BCUT2D eigenvalue weighted by Gasteiger charge is 2.16. The Morgan fingerprint density at radius 2 is 1.96 bits per heavy atom. The molecule has 3 rings (SSSR count). The minimum Gasteiger partial charge on any atom is -0.367 e. The van der Waals surface area contributed by atoms with E-state index in [0.29, 0.717) is 25.3 Å². The van der Waals surface area contributed by atoms with Gasteiger partial charge in [-0.05, 0) is 24.3 Å². The van der Waals surface area contributed by atoms with Gasteiger partial charge in [-0.2, -0.15) is 0 Å². The van der Waals surface area contributed by atoms with E-state index in [2.05, 4.69) is 20.2 Å². The molecule has 0 spiro atoms. The van der Waals surface area contributed by atoms with Crippen molar-refractivity contribution in [3.63, 3.8) is 0 Å². The summed E-state index contributed by atoms with van der Waals surface area (Å²) < 4.78 is 0. The van der Waals surface area contributed by atoms with Crippen molar-refractivity contribution < 1.29 is 9.59 Å². The number of anilines is 1. The van der Waals surface area contributed by atoms with E-state index in [0.717, 1.165) is 30.9 Å². The summed E-state index contributed by atoms with van der Waals surface area (Å²) in [5, 5.41) is 2.80. The molecule has 0 aliphatic carbocycles. The van der Waals surface area contributed by atoms with Gasteiger partial charge < -0.3 is 15.1 Å².